The predicted molar refractivity (Wildman–Crippen MR) is 87.8 cm³/mol. The normalized spacial score (nSPS) is 12.8. The maximum atomic E-state index is 9.07. The number of pyridine rings is 1. The molecule has 2 aromatic rings. The summed E-state index contributed by atoms with van der Waals surface area (Å²) in [5.41, 5.74) is 2.37. The van der Waals surface area contributed by atoms with Gasteiger partial charge < -0.3 is 14.8 Å². The standard InChI is InChI=1S/C18H19N3O2/c1-12-4-7-17(21-14(12)9-19)20-10-18(2,3)13-5-6-15-16(8-13)23-11-22-15/h4-8H,10-11H2,1-3H3,(H,20,21). The maximum Gasteiger partial charge on any atom is 0.231 e. The van der Waals surface area contributed by atoms with E-state index in [1.54, 1.807) is 0 Å². The van der Waals surface area contributed by atoms with Gasteiger partial charge in [-0.1, -0.05) is 26.0 Å². The minimum Gasteiger partial charge on any atom is -0.454 e. The molecule has 3 rings (SSSR count). The van der Waals surface area contributed by atoms with Gasteiger partial charge in [-0.15, -0.1) is 0 Å². The van der Waals surface area contributed by atoms with Crippen LogP contribution in [0.2, 0.25) is 0 Å². The van der Waals surface area contributed by atoms with E-state index in [0.717, 1.165) is 22.6 Å². The molecule has 1 aliphatic heterocycles. The van der Waals surface area contributed by atoms with E-state index in [-0.39, 0.29) is 12.2 Å². The largest absolute Gasteiger partial charge is 0.454 e. The van der Waals surface area contributed by atoms with Gasteiger partial charge in [-0.2, -0.15) is 5.26 Å². The topological polar surface area (TPSA) is 67.2 Å². The lowest BCUT2D eigenvalue weighted by Crippen LogP contribution is -2.28. The van der Waals surface area contributed by atoms with E-state index in [1.165, 1.54) is 0 Å². The van der Waals surface area contributed by atoms with E-state index < -0.39 is 0 Å². The summed E-state index contributed by atoms with van der Waals surface area (Å²) in [6.07, 6.45) is 0. The third kappa shape index (κ3) is 3.07. The molecule has 0 saturated carbocycles. The number of nitriles is 1. The molecule has 0 spiro atoms. The lowest BCUT2D eigenvalue weighted by Gasteiger charge is -2.26. The Morgan fingerprint density at radius 3 is 2.78 bits per heavy atom. The van der Waals surface area contributed by atoms with Gasteiger partial charge in [0, 0.05) is 12.0 Å². The molecule has 0 aliphatic carbocycles. The number of nitrogens with one attached hydrogen (secondary N) is 1. The molecule has 0 amide bonds. The highest BCUT2D eigenvalue weighted by molar-refractivity contribution is 5.47. The quantitative estimate of drug-likeness (QED) is 0.937. The SMILES string of the molecule is Cc1ccc(NCC(C)(C)c2ccc3c(c2)OCO3)nc1C#N. The molecule has 0 atom stereocenters. The maximum absolute atomic E-state index is 9.07. The van der Waals surface area contributed by atoms with Crippen LogP contribution in [-0.4, -0.2) is 18.3 Å². The zero-order chi connectivity index (χ0) is 16.4. The number of anilines is 1. The summed E-state index contributed by atoms with van der Waals surface area (Å²) < 4.78 is 10.8. The molecule has 0 saturated heterocycles. The average molecular weight is 309 g/mol. The van der Waals surface area contributed by atoms with Gasteiger partial charge in [0.15, 0.2) is 11.5 Å². The molecule has 0 unspecified atom stereocenters. The molecular weight excluding hydrogens is 290 g/mol. The van der Waals surface area contributed by atoms with Gasteiger partial charge in [0.05, 0.1) is 0 Å². The van der Waals surface area contributed by atoms with Crippen LogP contribution >= 0.6 is 0 Å². The lowest BCUT2D eigenvalue weighted by molar-refractivity contribution is 0.174. The predicted octanol–water partition coefficient (Wildman–Crippen LogP) is 3.38. The van der Waals surface area contributed by atoms with Gasteiger partial charge in [-0.3, -0.25) is 0 Å². The van der Waals surface area contributed by atoms with E-state index in [4.69, 9.17) is 14.7 Å². The summed E-state index contributed by atoms with van der Waals surface area (Å²) >= 11 is 0. The molecule has 1 N–H and O–H groups in total. The molecule has 118 valence electrons. The highest BCUT2D eigenvalue weighted by Crippen LogP contribution is 2.36. The molecule has 1 aromatic carbocycles. The molecule has 23 heavy (non-hydrogen) atoms. The van der Waals surface area contributed by atoms with Crippen LogP contribution in [0.5, 0.6) is 11.5 Å². The molecule has 5 heteroatoms. The molecule has 0 fully saturated rings. The van der Waals surface area contributed by atoms with Crippen LogP contribution in [0.3, 0.4) is 0 Å². The fourth-order valence-electron chi connectivity index (χ4n) is 2.47. The van der Waals surface area contributed by atoms with Crippen LogP contribution in [0.4, 0.5) is 5.82 Å². The molecule has 0 radical (unpaired) electrons. The van der Waals surface area contributed by atoms with E-state index in [2.05, 4.69) is 36.3 Å². The summed E-state index contributed by atoms with van der Waals surface area (Å²) in [6.45, 7) is 7.15. The Hall–Kier alpha value is -2.74. The fourth-order valence-corrected chi connectivity index (χ4v) is 2.47. The van der Waals surface area contributed by atoms with E-state index in [9.17, 15) is 0 Å². The number of rotatable bonds is 4. The van der Waals surface area contributed by atoms with Crippen LogP contribution in [0.25, 0.3) is 0 Å². The number of fused-ring (bicyclic) bond motifs is 1. The number of hydrogen-bond donors (Lipinski definition) is 1. The highest BCUT2D eigenvalue weighted by Gasteiger charge is 2.24. The van der Waals surface area contributed by atoms with Gasteiger partial charge in [0.2, 0.25) is 6.79 Å². The minimum absolute atomic E-state index is 0.125. The van der Waals surface area contributed by atoms with Crippen molar-refractivity contribution >= 4 is 5.82 Å². The summed E-state index contributed by atoms with van der Waals surface area (Å²) in [5.74, 6) is 2.29. The first-order valence-electron chi connectivity index (χ1n) is 7.51. The number of ether oxygens (including phenoxy) is 2. The Labute approximate surface area is 135 Å². The van der Waals surface area contributed by atoms with Crippen molar-refractivity contribution in [1.29, 1.82) is 5.26 Å². The molecule has 0 bridgehead atoms. The number of benzene rings is 1. The van der Waals surface area contributed by atoms with Crippen molar-refractivity contribution in [3.05, 3.63) is 47.2 Å². The molecule has 2 heterocycles. The summed E-state index contributed by atoms with van der Waals surface area (Å²) in [4.78, 5) is 4.33. The van der Waals surface area contributed by atoms with Crippen molar-refractivity contribution in [2.75, 3.05) is 18.7 Å². The smallest absolute Gasteiger partial charge is 0.231 e. The second-order valence-electron chi connectivity index (χ2n) is 6.28. The van der Waals surface area contributed by atoms with Gasteiger partial charge in [0.1, 0.15) is 17.6 Å². The van der Waals surface area contributed by atoms with Crippen LogP contribution in [0, 0.1) is 18.3 Å². The van der Waals surface area contributed by atoms with Crippen LogP contribution in [0.15, 0.2) is 30.3 Å². The highest BCUT2D eigenvalue weighted by atomic mass is 16.7. The number of aromatic nitrogens is 1. The molecule has 1 aliphatic rings. The second kappa shape index (κ2) is 5.81. The molecule has 5 nitrogen and oxygen atoms in total. The second-order valence-corrected chi connectivity index (χ2v) is 6.28. The molecule has 1 aromatic heterocycles. The van der Waals surface area contributed by atoms with Gasteiger partial charge in [-0.05, 0) is 36.2 Å². The Balaban J connectivity index is 1.75. The Bertz CT molecular complexity index is 778. The molecular formula is C18H19N3O2. The van der Waals surface area contributed by atoms with E-state index in [0.29, 0.717) is 18.1 Å². The minimum atomic E-state index is -0.125. The van der Waals surface area contributed by atoms with Crippen LogP contribution in [0.1, 0.15) is 30.7 Å². The number of nitrogens with zero attached hydrogens (tertiary/aromatic N) is 2. The summed E-state index contributed by atoms with van der Waals surface area (Å²) in [7, 11) is 0. The fraction of sp³-hybridized carbons (Fsp3) is 0.333. The summed E-state index contributed by atoms with van der Waals surface area (Å²) in [5, 5.41) is 12.4. The number of hydrogen-bond acceptors (Lipinski definition) is 5. The first kappa shape index (κ1) is 15.2. The lowest BCUT2D eigenvalue weighted by atomic mass is 9.84. The van der Waals surface area contributed by atoms with Crippen molar-refractivity contribution < 1.29 is 9.47 Å². The Kier molecular flexibility index (Phi) is 3.83. The van der Waals surface area contributed by atoms with Crippen molar-refractivity contribution in [3.8, 4) is 17.6 Å². The summed E-state index contributed by atoms with van der Waals surface area (Å²) in [6, 6.07) is 11.9. The van der Waals surface area contributed by atoms with Gasteiger partial charge in [-0.25, -0.2) is 4.98 Å². The third-order valence-corrected chi connectivity index (χ3v) is 4.07. The first-order chi connectivity index (χ1) is 11.0. The van der Waals surface area contributed by atoms with Gasteiger partial charge >= 0.3 is 0 Å². The van der Waals surface area contributed by atoms with E-state index in [1.807, 2.05) is 31.2 Å². The first-order valence-corrected chi connectivity index (χ1v) is 7.51. The third-order valence-electron chi connectivity index (χ3n) is 4.07. The van der Waals surface area contributed by atoms with Crippen molar-refractivity contribution in [2.45, 2.75) is 26.2 Å². The van der Waals surface area contributed by atoms with Crippen molar-refractivity contribution in [3.63, 3.8) is 0 Å². The van der Waals surface area contributed by atoms with Crippen LogP contribution in [-0.2, 0) is 5.41 Å². The number of aryl methyl sites for hydroxylation is 1. The zero-order valence-corrected chi connectivity index (χ0v) is 13.5. The van der Waals surface area contributed by atoms with Crippen LogP contribution < -0.4 is 14.8 Å². The zero-order valence-electron chi connectivity index (χ0n) is 13.5. The van der Waals surface area contributed by atoms with Crippen molar-refractivity contribution in [1.82, 2.24) is 4.98 Å². The Morgan fingerprint density at radius 1 is 1.22 bits per heavy atom. The average Bonchev–Trinajstić information content (AvgIpc) is 3.01. The monoisotopic (exact) mass is 309 g/mol. The van der Waals surface area contributed by atoms with Gasteiger partial charge in [0.25, 0.3) is 0 Å². The van der Waals surface area contributed by atoms with Crippen molar-refractivity contribution in [2.24, 2.45) is 0 Å². The van der Waals surface area contributed by atoms with E-state index >= 15 is 0 Å². The Morgan fingerprint density at radius 2 is 2.00 bits per heavy atom.